The maximum Gasteiger partial charge on any atom is 0.226 e. The number of methoxy groups -OCH3 is 2. The summed E-state index contributed by atoms with van der Waals surface area (Å²) in [5, 5.41) is 3.03. The highest BCUT2D eigenvalue weighted by molar-refractivity contribution is 5.82. The van der Waals surface area contributed by atoms with Crippen LogP contribution >= 0.6 is 0 Å². The van der Waals surface area contributed by atoms with Gasteiger partial charge in [-0.05, 0) is 32.0 Å². The Bertz CT molecular complexity index is 556. The molecule has 1 aromatic heterocycles. The van der Waals surface area contributed by atoms with Crippen molar-refractivity contribution in [2.45, 2.75) is 19.4 Å². The van der Waals surface area contributed by atoms with Crippen molar-refractivity contribution in [2.24, 2.45) is 11.3 Å². The highest BCUT2D eigenvalue weighted by Gasteiger charge is 2.49. The van der Waals surface area contributed by atoms with Crippen LogP contribution in [-0.4, -0.2) is 56.3 Å². The summed E-state index contributed by atoms with van der Waals surface area (Å²) in [6.07, 6.45) is 3.78. The molecule has 0 radical (unpaired) electrons. The molecule has 0 bridgehead atoms. The average molecular weight is 319 g/mol. The molecule has 0 aromatic carbocycles. The van der Waals surface area contributed by atoms with Gasteiger partial charge in [0.15, 0.2) is 0 Å². The minimum absolute atomic E-state index is 0.0115. The van der Waals surface area contributed by atoms with Crippen LogP contribution in [0.3, 0.4) is 0 Å². The van der Waals surface area contributed by atoms with Crippen molar-refractivity contribution < 1.29 is 14.3 Å². The molecule has 0 saturated carbocycles. The van der Waals surface area contributed by atoms with Gasteiger partial charge in [-0.25, -0.2) is 4.98 Å². The van der Waals surface area contributed by atoms with Crippen LogP contribution in [0.25, 0.3) is 0 Å². The fourth-order valence-electron chi connectivity index (χ4n) is 3.86. The molecule has 6 heteroatoms. The van der Waals surface area contributed by atoms with Crippen molar-refractivity contribution in [2.75, 3.05) is 40.5 Å². The third-order valence-electron chi connectivity index (χ3n) is 5.29. The molecule has 2 aliphatic heterocycles. The van der Waals surface area contributed by atoms with E-state index >= 15 is 0 Å². The Hall–Kier alpha value is -1.66. The summed E-state index contributed by atoms with van der Waals surface area (Å²) in [6, 6.07) is 4.00. The van der Waals surface area contributed by atoms with Gasteiger partial charge in [-0.2, -0.15) is 0 Å². The molecule has 126 valence electrons. The van der Waals surface area contributed by atoms with Crippen LogP contribution < -0.4 is 10.1 Å². The fraction of sp³-hybridized carbons (Fsp3) is 0.647. The zero-order chi connectivity index (χ0) is 16.3. The number of hydrogen-bond donors (Lipinski definition) is 1. The van der Waals surface area contributed by atoms with Gasteiger partial charge in [-0.3, -0.25) is 9.69 Å². The second kappa shape index (κ2) is 6.84. The Labute approximate surface area is 137 Å². The topological polar surface area (TPSA) is 63.7 Å². The average Bonchev–Trinajstić information content (AvgIpc) is 2.88. The predicted molar refractivity (Wildman–Crippen MR) is 86.1 cm³/mol. The molecule has 2 saturated heterocycles. The third kappa shape index (κ3) is 3.19. The summed E-state index contributed by atoms with van der Waals surface area (Å²) in [4.78, 5) is 18.7. The number of likely N-dealkylation sites (tertiary alicyclic amines) is 1. The van der Waals surface area contributed by atoms with Crippen LogP contribution in [0.15, 0.2) is 18.3 Å². The van der Waals surface area contributed by atoms with Crippen molar-refractivity contribution >= 4 is 5.91 Å². The Balaban J connectivity index is 1.63. The minimum atomic E-state index is -0.0115. The molecule has 1 amide bonds. The van der Waals surface area contributed by atoms with Crippen molar-refractivity contribution in [3.63, 3.8) is 0 Å². The smallest absolute Gasteiger partial charge is 0.226 e. The van der Waals surface area contributed by atoms with Crippen LogP contribution in [-0.2, 0) is 16.1 Å². The Morgan fingerprint density at radius 2 is 2.17 bits per heavy atom. The molecule has 6 nitrogen and oxygen atoms in total. The van der Waals surface area contributed by atoms with Gasteiger partial charge in [0.25, 0.3) is 0 Å². The first kappa shape index (κ1) is 16.2. The number of carbonyl (C=O) groups excluding carboxylic acids is 1. The third-order valence-corrected chi connectivity index (χ3v) is 5.29. The standard InChI is InChI=1S/C17H25N3O3/c1-22-11-14-15(21)19-12-17(14)5-8-20(9-6-17)10-13-4-3-7-18-16(13)23-2/h3-4,7,14H,5-6,8-12H2,1-2H3,(H,19,21)/t14-/m0/s1. The summed E-state index contributed by atoms with van der Waals surface area (Å²) < 4.78 is 10.6. The van der Waals surface area contributed by atoms with Crippen molar-refractivity contribution in [3.05, 3.63) is 23.9 Å². The number of carbonyl (C=O) groups is 1. The van der Waals surface area contributed by atoms with E-state index in [1.54, 1.807) is 20.4 Å². The Morgan fingerprint density at radius 3 is 2.87 bits per heavy atom. The van der Waals surface area contributed by atoms with Gasteiger partial charge in [0.2, 0.25) is 11.8 Å². The lowest BCUT2D eigenvalue weighted by Gasteiger charge is -2.41. The number of rotatable bonds is 5. The van der Waals surface area contributed by atoms with Gasteiger partial charge < -0.3 is 14.8 Å². The summed E-state index contributed by atoms with van der Waals surface area (Å²) >= 11 is 0. The molecule has 23 heavy (non-hydrogen) atoms. The molecule has 1 N–H and O–H groups in total. The first-order valence-corrected chi connectivity index (χ1v) is 8.15. The van der Waals surface area contributed by atoms with E-state index in [2.05, 4.69) is 21.3 Å². The SMILES string of the molecule is COC[C@H]1C(=O)NCC12CCN(Cc1cccnc1OC)CC2. The lowest BCUT2D eigenvalue weighted by molar-refractivity contribution is -0.126. The lowest BCUT2D eigenvalue weighted by Crippen LogP contribution is -2.45. The highest BCUT2D eigenvalue weighted by Crippen LogP contribution is 2.42. The maximum absolute atomic E-state index is 12.1. The number of hydrogen-bond acceptors (Lipinski definition) is 5. The van der Waals surface area contributed by atoms with E-state index in [1.807, 2.05) is 6.07 Å². The molecule has 0 aliphatic carbocycles. The summed E-state index contributed by atoms with van der Waals surface area (Å²) in [5.41, 5.74) is 1.17. The Morgan fingerprint density at radius 1 is 1.39 bits per heavy atom. The minimum Gasteiger partial charge on any atom is -0.481 e. The number of nitrogens with zero attached hydrogens (tertiary/aromatic N) is 2. The zero-order valence-electron chi connectivity index (χ0n) is 13.9. The second-order valence-corrected chi connectivity index (χ2v) is 6.54. The van der Waals surface area contributed by atoms with Gasteiger partial charge in [0, 0.05) is 37.4 Å². The predicted octanol–water partition coefficient (Wildman–Crippen LogP) is 1.06. The monoisotopic (exact) mass is 319 g/mol. The molecule has 1 atom stereocenters. The molecule has 3 rings (SSSR count). The highest BCUT2D eigenvalue weighted by atomic mass is 16.5. The fourth-order valence-corrected chi connectivity index (χ4v) is 3.86. The van der Waals surface area contributed by atoms with Crippen LogP contribution in [0.5, 0.6) is 5.88 Å². The van der Waals surface area contributed by atoms with E-state index in [0.29, 0.717) is 12.5 Å². The van der Waals surface area contributed by atoms with E-state index < -0.39 is 0 Å². The van der Waals surface area contributed by atoms with Crippen LogP contribution in [0, 0.1) is 11.3 Å². The molecular formula is C17H25N3O3. The molecule has 1 aromatic rings. The number of ether oxygens (including phenoxy) is 2. The van der Waals surface area contributed by atoms with Crippen LogP contribution in [0.4, 0.5) is 0 Å². The lowest BCUT2D eigenvalue weighted by atomic mass is 9.71. The summed E-state index contributed by atoms with van der Waals surface area (Å²) in [5.74, 6) is 0.833. The molecule has 1 spiro atoms. The number of pyridine rings is 1. The van der Waals surface area contributed by atoms with Gasteiger partial charge in [-0.15, -0.1) is 0 Å². The van der Waals surface area contributed by atoms with Crippen molar-refractivity contribution in [1.29, 1.82) is 0 Å². The van der Waals surface area contributed by atoms with Crippen molar-refractivity contribution in [3.8, 4) is 5.88 Å². The van der Waals surface area contributed by atoms with Crippen LogP contribution in [0.1, 0.15) is 18.4 Å². The van der Waals surface area contributed by atoms with E-state index in [1.165, 1.54) is 0 Å². The van der Waals surface area contributed by atoms with E-state index in [9.17, 15) is 4.79 Å². The first-order valence-electron chi connectivity index (χ1n) is 8.15. The van der Waals surface area contributed by atoms with E-state index in [4.69, 9.17) is 9.47 Å². The first-order chi connectivity index (χ1) is 11.2. The maximum atomic E-state index is 12.1. The largest absolute Gasteiger partial charge is 0.481 e. The normalized spacial score (nSPS) is 23.9. The van der Waals surface area contributed by atoms with Gasteiger partial charge in [-0.1, -0.05) is 6.07 Å². The Kier molecular flexibility index (Phi) is 4.82. The number of piperidine rings is 1. The molecule has 2 aliphatic rings. The summed E-state index contributed by atoms with van der Waals surface area (Å²) in [6.45, 7) is 4.09. The molecule has 3 heterocycles. The van der Waals surface area contributed by atoms with Gasteiger partial charge in [0.05, 0.1) is 19.6 Å². The molecular weight excluding hydrogens is 294 g/mol. The molecule has 0 unspecified atom stereocenters. The number of nitrogens with one attached hydrogen (secondary N) is 1. The van der Waals surface area contributed by atoms with Crippen molar-refractivity contribution in [1.82, 2.24) is 15.2 Å². The number of amides is 1. The summed E-state index contributed by atoms with van der Waals surface area (Å²) in [7, 11) is 3.32. The quantitative estimate of drug-likeness (QED) is 0.879. The van der Waals surface area contributed by atoms with Crippen LogP contribution in [0.2, 0.25) is 0 Å². The molecule has 2 fully saturated rings. The van der Waals surface area contributed by atoms with E-state index in [-0.39, 0.29) is 17.2 Å². The number of aromatic nitrogens is 1. The van der Waals surface area contributed by atoms with Gasteiger partial charge >= 0.3 is 0 Å². The second-order valence-electron chi connectivity index (χ2n) is 6.54. The van der Waals surface area contributed by atoms with Gasteiger partial charge in [0.1, 0.15) is 0 Å². The zero-order valence-corrected chi connectivity index (χ0v) is 13.9. The van der Waals surface area contributed by atoms with E-state index in [0.717, 1.165) is 44.6 Å².